The molecular formula is C16H21NO6. The van der Waals surface area contributed by atoms with Gasteiger partial charge in [-0.3, -0.25) is 4.79 Å². The molecule has 0 heterocycles. The maximum Gasteiger partial charge on any atom is 0.326 e. The molecular weight excluding hydrogens is 302 g/mol. The van der Waals surface area contributed by atoms with Gasteiger partial charge in [0, 0.05) is 5.56 Å². The van der Waals surface area contributed by atoms with Crippen molar-refractivity contribution < 1.29 is 28.9 Å². The molecule has 1 aliphatic carbocycles. The first kappa shape index (κ1) is 16.9. The van der Waals surface area contributed by atoms with Crippen molar-refractivity contribution in [1.82, 2.24) is 5.32 Å². The average molecular weight is 323 g/mol. The van der Waals surface area contributed by atoms with E-state index in [-0.39, 0.29) is 5.56 Å². The number of rotatable bonds is 8. The standard InChI is InChI=1S/C16H21NO6/c1-21-12-7-10(8-13(22-2)14(12)23-3)15(18)17-11(16(19)20)6-9-4-5-9/h7-9,11H,4-6H2,1-3H3,(H,17,18)(H,19,20). The molecule has 7 nitrogen and oxygen atoms in total. The van der Waals surface area contributed by atoms with Crippen molar-refractivity contribution in [3.05, 3.63) is 17.7 Å². The van der Waals surface area contributed by atoms with Gasteiger partial charge >= 0.3 is 5.97 Å². The van der Waals surface area contributed by atoms with Gasteiger partial charge in [0.1, 0.15) is 6.04 Å². The lowest BCUT2D eigenvalue weighted by Gasteiger charge is -2.16. The number of aliphatic carboxylic acids is 1. The molecule has 0 spiro atoms. The summed E-state index contributed by atoms with van der Waals surface area (Å²) in [5, 5.41) is 11.8. The van der Waals surface area contributed by atoms with E-state index >= 15 is 0 Å². The van der Waals surface area contributed by atoms with Gasteiger partial charge in [-0.25, -0.2) is 4.79 Å². The van der Waals surface area contributed by atoms with Gasteiger partial charge in [0.2, 0.25) is 5.75 Å². The Kier molecular flexibility index (Phi) is 5.31. The Balaban J connectivity index is 2.21. The van der Waals surface area contributed by atoms with Crippen molar-refractivity contribution in [3.63, 3.8) is 0 Å². The van der Waals surface area contributed by atoms with Crippen LogP contribution in [0.2, 0.25) is 0 Å². The van der Waals surface area contributed by atoms with Crippen LogP contribution in [0.5, 0.6) is 17.2 Å². The van der Waals surface area contributed by atoms with Crippen molar-refractivity contribution in [1.29, 1.82) is 0 Å². The van der Waals surface area contributed by atoms with Gasteiger partial charge in [-0.05, 0) is 24.5 Å². The number of methoxy groups -OCH3 is 3. The lowest BCUT2D eigenvalue weighted by molar-refractivity contribution is -0.139. The van der Waals surface area contributed by atoms with Crippen molar-refractivity contribution in [3.8, 4) is 17.2 Å². The van der Waals surface area contributed by atoms with E-state index in [1.807, 2.05) is 0 Å². The molecule has 7 heteroatoms. The molecule has 1 saturated carbocycles. The Hall–Kier alpha value is -2.44. The topological polar surface area (TPSA) is 94.1 Å². The molecule has 126 valence electrons. The van der Waals surface area contributed by atoms with Crippen LogP contribution in [0, 0.1) is 5.92 Å². The minimum Gasteiger partial charge on any atom is -0.493 e. The van der Waals surface area contributed by atoms with E-state index in [1.165, 1.54) is 33.5 Å². The second kappa shape index (κ2) is 7.21. The number of hydrogen-bond acceptors (Lipinski definition) is 5. The SMILES string of the molecule is COc1cc(C(=O)NC(CC2CC2)C(=O)O)cc(OC)c1OC. The summed E-state index contributed by atoms with van der Waals surface area (Å²) in [5.74, 6) is -0.0808. The van der Waals surface area contributed by atoms with Crippen LogP contribution in [0.15, 0.2) is 12.1 Å². The second-order valence-electron chi connectivity index (χ2n) is 5.46. The number of benzene rings is 1. The van der Waals surface area contributed by atoms with Crippen molar-refractivity contribution in [2.45, 2.75) is 25.3 Å². The fourth-order valence-electron chi connectivity index (χ4n) is 2.36. The number of hydrogen-bond donors (Lipinski definition) is 2. The second-order valence-corrected chi connectivity index (χ2v) is 5.46. The van der Waals surface area contributed by atoms with Gasteiger partial charge in [-0.2, -0.15) is 0 Å². The van der Waals surface area contributed by atoms with E-state index in [2.05, 4.69) is 5.32 Å². The third-order valence-electron chi connectivity index (χ3n) is 3.80. The summed E-state index contributed by atoms with van der Waals surface area (Å²) in [4.78, 5) is 23.7. The first-order chi connectivity index (χ1) is 11.0. The van der Waals surface area contributed by atoms with E-state index in [4.69, 9.17) is 14.2 Å². The van der Waals surface area contributed by atoms with Gasteiger partial charge < -0.3 is 24.6 Å². The molecule has 1 fully saturated rings. The largest absolute Gasteiger partial charge is 0.493 e. The maximum absolute atomic E-state index is 12.4. The summed E-state index contributed by atoms with van der Waals surface area (Å²) < 4.78 is 15.6. The molecule has 1 aromatic rings. The van der Waals surface area contributed by atoms with Gasteiger partial charge in [-0.15, -0.1) is 0 Å². The molecule has 1 unspecified atom stereocenters. The van der Waals surface area contributed by atoms with Gasteiger partial charge in [0.25, 0.3) is 5.91 Å². The summed E-state index contributed by atoms with van der Waals surface area (Å²) in [6, 6.07) is 2.09. The Morgan fingerprint density at radius 2 is 1.74 bits per heavy atom. The van der Waals surface area contributed by atoms with Crippen molar-refractivity contribution in [2.75, 3.05) is 21.3 Å². The number of carbonyl (C=O) groups is 2. The van der Waals surface area contributed by atoms with Crippen LogP contribution in [-0.2, 0) is 4.79 Å². The van der Waals surface area contributed by atoms with Crippen LogP contribution in [0.4, 0.5) is 0 Å². The van der Waals surface area contributed by atoms with E-state index < -0.39 is 17.9 Å². The Labute approximate surface area is 134 Å². The molecule has 1 atom stereocenters. The smallest absolute Gasteiger partial charge is 0.326 e. The molecule has 0 aliphatic heterocycles. The monoisotopic (exact) mass is 323 g/mol. The summed E-state index contributed by atoms with van der Waals surface area (Å²) in [6.07, 6.45) is 2.49. The van der Waals surface area contributed by atoms with Crippen LogP contribution in [0.25, 0.3) is 0 Å². The number of nitrogens with one attached hydrogen (secondary N) is 1. The zero-order valence-corrected chi connectivity index (χ0v) is 13.4. The highest BCUT2D eigenvalue weighted by Crippen LogP contribution is 2.38. The van der Waals surface area contributed by atoms with Crippen molar-refractivity contribution >= 4 is 11.9 Å². The summed E-state index contributed by atoms with van der Waals surface area (Å²) in [7, 11) is 4.37. The third kappa shape index (κ3) is 4.06. The van der Waals surface area contributed by atoms with E-state index in [1.54, 1.807) is 0 Å². The zero-order chi connectivity index (χ0) is 17.0. The number of carbonyl (C=O) groups excluding carboxylic acids is 1. The molecule has 0 aromatic heterocycles. The highest BCUT2D eigenvalue weighted by molar-refractivity contribution is 5.97. The molecule has 23 heavy (non-hydrogen) atoms. The fraction of sp³-hybridized carbons (Fsp3) is 0.500. The summed E-state index contributed by atoms with van der Waals surface area (Å²) in [6.45, 7) is 0. The lowest BCUT2D eigenvalue weighted by Crippen LogP contribution is -2.41. The van der Waals surface area contributed by atoms with Crippen LogP contribution in [0.3, 0.4) is 0 Å². The van der Waals surface area contributed by atoms with Gasteiger partial charge in [0.15, 0.2) is 11.5 Å². The van der Waals surface area contributed by atoms with Crippen LogP contribution in [-0.4, -0.2) is 44.4 Å². The molecule has 1 aliphatic rings. The first-order valence-corrected chi connectivity index (χ1v) is 7.33. The number of carboxylic acid groups (broad SMARTS) is 1. The predicted molar refractivity (Wildman–Crippen MR) is 82.3 cm³/mol. The minimum atomic E-state index is -1.03. The summed E-state index contributed by atoms with van der Waals surface area (Å²) >= 11 is 0. The van der Waals surface area contributed by atoms with Gasteiger partial charge in [0.05, 0.1) is 21.3 Å². The van der Waals surface area contributed by atoms with Crippen LogP contribution >= 0.6 is 0 Å². The Bertz CT molecular complexity index is 571. The molecule has 1 aromatic carbocycles. The van der Waals surface area contributed by atoms with E-state index in [9.17, 15) is 14.7 Å². The summed E-state index contributed by atoms with van der Waals surface area (Å²) in [5.41, 5.74) is 0.251. The molecule has 2 N–H and O–H groups in total. The highest BCUT2D eigenvalue weighted by atomic mass is 16.5. The van der Waals surface area contributed by atoms with Crippen LogP contribution in [0.1, 0.15) is 29.6 Å². The zero-order valence-electron chi connectivity index (χ0n) is 13.4. The molecule has 2 rings (SSSR count). The first-order valence-electron chi connectivity index (χ1n) is 7.33. The minimum absolute atomic E-state index is 0.251. The number of amides is 1. The predicted octanol–water partition coefficient (Wildman–Crippen LogP) is 1.70. The van der Waals surface area contributed by atoms with Gasteiger partial charge in [-0.1, -0.05) is 12.8 Å². The van der Waals surface area contributed by atoms with E-state index in [0.29, 0.717) is 29.6 Å². The van der Waals surface area contributed by atoms with Crippen molar-refractivity contribution in [2.24, 2.45) is 5.92 Å². The fourth-order valence-corrected chi connectivity index (χ4v) is 2.36. The Morgan fingerprint density at radius 3 is 2.13 bits per heavy atom. The molecule has 0 bridgehead atoms. The highest BCUT2D eigenvalue weighted by Gasteiger charge is 2.30. The van der Waals surface area contributed by atoms with Crippen LogP contribution < -0.4 is 19.5 Å². The lowest BCUT2D eigenvalue weighted by atomic mass is 10.1. The maximum atomic E-state index is 12.4. The van der Waals surface area contributed by atoms with E-state index in [0.717, 1.165) is 12.8 Å². The molecule has 0 saturated heterocycles. The number of ether oxygens (including phenoxy) is 3. The normalized spacial score (nSPS) is 14.7. The quantitative estimate of drug-likeness (QED) is 0.756. The molecule has 0 radical (unpaired) electrons. The average Bonchev–Trinajstić information content (AvgIpc) is 3.36. The molecule has 1 amide bonds. The Morgan fingerprint density at radius 1 is 1.17 bits per heavy atom. The number of carboxylic acids is 1. The third-order valence-corrected chi connectivity index (χ3v) is 3.80.